The summed E-state index contributed by atoms with van der Waals surface area (Å²) in [5, 5.41) is 23.0. The van der Waals surface area contributed by atoms with Crippen molar-refractivity contribution < 1.29 is 9.72 Å². The lowest BCUT2D eigenvalue weighted by atomic mass is 10.1. The molecule has 0 saturated carbocycles. The first-order valence-corrected chi connectivity index (χ1v) is 7.65. The van der Waals surface area contributed by atoms with Gasteiger partial charge >= 0.3 is 0 Å². The van der Waals surface area contributed by atoms with Gasteiger partial charge in [-0.1, -0.05) is 42.5 Å². The third kappa shape index (κ3) is 4.52. The topological polar surface area (TPSA) is 96.0 Å². The number of benzene rings is 2. The summed E-state index contributed by atoms with van der Waals surface area (Å²) >= 11 is 0. The first-order valence-electron chi connectivity index (χ1n) is 7.65. The SMILES string of the molecule is Cc1ccc(/C=C(\C#N)C(=O)NC(C)c2ccccc2)cc1[N+](=O)[O-]. The van der Waals surface area contributed by atoms with Crippen molar-refractivity contribution >= 4 is 17.7 Å². The van der Waals surface area contributed by atoms with E-state index in [0.29, 0.717) is 11.1 Å². The van der Waals surface area contributed by atoms with Crippen LogP contribution in [0.3, 0.4) is 0 Å². The number of carbonyl (C=O) groups excluding carboxylic acids is 1. The predicted octanol–water partition coefficient (Wildman–Crippen LogP) is 3.69. The average Bonchev–Trinajstić information content (AvgIpc) is 2.61. The Bertz CT molecular complexity index is 867. The molecule has 0 aliphatic rings. The van der Waals surface area contributed by atoms with Crippen molar-refractivity contribution in [2.24, 2.45) is 0 Å². The smallest absolute Gasteiger partial charge is 0.272 e. The standard InChI is InChI=1S/C19H17N3O3/c1-13-8-9-15(11-18(13)22(24)25)10-17(12-20)19(23)21-14(2)16-6-4-3-5-7-16/h3-11,14H,1-2H3,(H,21,23)/b17-10+. The number of rotatable bonds is 5. The highest BCUT2D eigenvalue weighted by atomic mass is 16.6. The summed E-state index contributed by atoms with van der Waals surface area (Å²) in [6, 6.07) is 15.5. The van der Waals surface area contributed by atoms with Crippen LogP contribution in [0, 0.1) is 28.4 Å². The van der Waals surface area contributed by atoms with Crippen molar-refractivity contribution in [1.82, 2.24) is 5.32 Å². The van der Waals surface area contributed by atoms with Gasteiger partial charge in [0.05, 0.1) is 11.0 Å². The molecule has 1 amide bonds. The number of nitrogens with zero attached hydrogens (tertiary/aromatic N) is 2. The van der Waals surface area contributed by atoms with Crippen molar-refractivity contribution in [2.75, 3.05) is 0 Å². The molecule has 0 aromatic heterocycles. The molecule has 0 heterocycles. The molecule has 0 bridgehead atoms. The molecule has 0 aliphatic carbocycles. The van der Waals surface area contributed by atoms with Crippen LogP contribution in [0.25, 0.3) is 6.08 Å². The summed E-state index contributed by atoms with van der Waals surface area (Å²) in [5.41, 5.74) is 1.70. The molecule has 0 saturated heterocycles. The van der Waals surface area contributed by atoms with Crippen molar-refractivity contribution in [3.05, 3.63) is 80.9 Å². The molecule has 0 radical (unpaired) electrons. The van der Waals surface area contributed by atoms with E-state index in [0.717, 1.165) is 5.56 Å². The number of amides is 1. The summed E-state index contributed by atoms with van der Waals surface area (Å²) < 4.78 is 0. The molecule has 2 aromatic rings. The lowest BCUT2D eigenvalue weighted by molar-refractivity contribution is -0.385. The van der Waals surface area contributed by atoms with Gasteiger partial charge in [-0.05, 0) is 31.1 Å². The van der Waals surface area contributed by atoms with E-state index in [1.807, 2.05) is 43.3 Å². The zero-order valence-electron chi connectivity index (χ0n) is 13.9. The highest BCUT2D eigenvalue weighted by Crippen LogP contribution is 2.21. The van der Waals surface area contributed by atoms with Crippen LogP contribution in [-0.4, -0.2) is 10.8 Å². The molecule has 0 aliphatic heterocycles. The van der Waals surface area contributed by atoms with E-state index in [4.69, 9.17) is 0 Å². The average molecular weight is 335 g/mol. The van der Waals surface area contributed by atoms with Crippen LogP contribution >= 0.6 is 0 Å². The van der Waals surface area contributed by atoms with Gasteiger partial charge < -0.3 is 5.32 Å². The van der Waals surface area contributed by atoms with Gasteiger partial charge in [-0.25, -0.2) is 0 Å². The summed E-state index contributed by atoms with van der Waals surface area (Å²) in [7, 11) is 0. The summed E-state index contributed by atoms with van der Waals surface area (Å²) in [5.74, 6) is -0.526. The molecule has 6 heteroatoms. The highest BCUT2D eigenvalue weighted by Gasteiger charge is 2.15. The minimum Gasteiger partial charge on any atom is -0.345 e. The maximum absolute atomic E-state index is 12.3. The summed E-state index contributed by atoms with van der Waals surface area (Å²) in [6.07, 6.45) is 1.35. The van der Waals surface area contributed by atoms with Crippen LogP contribution in [0.5, 0.6) is 0 Å². The molecule has 0 spiro atoms. The monoisotopic (exact) mass is 335 g/mol. The van der Waals surface area contributed by atoms with Crippen molar-refractivity contribution in [1.29, 1.82) is 5.26 Å². The van der Waals surface area contributed by atoms with E-state index in [1.165, 1.54) is 12.1 Å². The molecule has 126 valence electrons. The number of aryl methyl sites for hydroxylation is 1. The Labute approximate surface area is 145 Å². The van der Waals surface area contributed by atoms with Crippen LogP contribution in [-0.2, 0) is 4.79 Å². The summed E-state index contributed by atoms with van der Waals surface area (Å²) in [4.78, 5) is 22.8. The van der Waals surface area contributed by atoms with E-state index >= 15 is 0 Å². The Morgan fingerprint density at radius 1 is 1.28 bits per heavy atom. The van der Waals surface area contributed by atoms with Crippen LogP contribution in [0.2, 0.25) is 0 Å². The van der Waals surface area contributed by atoms with Crippen LogP contribution in [0.1, 0.15) is 29.7 Å². The second-order valence-corrected chi connectivity index (χ2v) is 5.58. The van der Waals surface area contributed by atoms with Crippen molar-refractivity contribution in [3.8, 4) is 6.07 Å². The maximum atomic E-state index is 12.3. The molecule has 25 heavy (non-hydrogen) atoms. The quantitative estimate of drug-likeness (QED) is 0.390. The molecule has 6 nitrogen and oxygen atoms in total. The maximum Gasteiger partial charge on any atom is 0.272 e. The lowest BCUT2D eigenvalue weighted by Gasteiger charge is -2.13. The second-order valence-electron chi connectivity index (χ2n) is 5.58. The van der Waals surface area contributed by atoms with E-state index in [-0.39, 0.29) is 17.3 Å². The van der Waals surface area contributed by atoms with Crippen molar-refractivity contribution in [2.45, 2.75) is 19.9 Å². The number of nitro groups is 1. The Kier molecular flexibility index (Phi) is 5.64. The molecule has 2 aromatic carbocycles. The molecular weight excluding hydrogens is 318 g/mol. The minimum atomic E-state index is -0.526. The lowest BCUT2D eigenvalue weighted by Crippen LogP contribution is -2.27. The Balaban J connectivity index is 2.23. The number of hydrogen-bond donors (Lipinski definition) is 1. The normalized spacial score (nSPS) is 12.1. The predicted molar refractivity (Wildman–Crippen MR) is 94.4 cm³/mol. The Morgan fingerprint density at radius 2 is 1.96 bits per heavy atom. The second kappa shape index (κ2) is 7.88. The van der Waals surface area contributed by atoms with Gasteiger partial charge in [0, 0.05) is 11.6 Å². The fourth-order valence-electron chi connectivity index (χ4n) is 2.33. The fourth-order valence-corrected chi connectivity index (χ4v) is 2.33. The number of nitriles is 1. The number of carbonyl (C=O) groups is 1. The van der Waals surface area contributed by atoms with E-state index in [1.54, 1.807) is 19.1 Å². The molecule has 0 fully saturated rings. The molecule has 1 unspecified atom stereocenters. The van der Waals surface area contributed by atoms with E-state index in [2.05, 4.69) is 5.32 Å². The summed E-state index contributed by atoms with van der Waals surface area (Å²) in [6.45, 7) is 3.45. The number of nitrogens with one attached hydrogen (secondary N) is 1. The van der Waals surface area contributed by atoms with Gasteiger partial charge in [-0.3, -0.25) is 14.9 Å². The molecular formula is C19H17N3O3. The van der Waals surface area contributed by atoms with Crippen LogP contribution in [0.4, 0.5) is 5.69 Å². The first kappa shape index (κ1) is 17.9. The van der Waals surface area contributed by atoms with Crippen LogP contribution in [0.15, 0.2) is 54.1 Å². The zero-order valence-corrected chi connectivity index (χ0v) is 13.9. The third-order valence-corrected chi connectivity index (χ3v) is 3.75. The molecule has 1 N–H and O–H groups in total. The number of hydrogen-bond acceptors (Lipinski definition) is 4. The van der Waals surface area contributed by atoms with E-state index in [9.17, 15) is 20.2 Å². The van der Waals surface area contributed by atoms with Gasteiger partial charge in [-0.15, -0.1) is 0 Å². The largest absolute Gasteiger partial charge is 0.345 e. The van der Waals surface area contributed by atoms with Crippen molar-refractivity contribution in [3.63, 3.8) is 0 Å². The highest BCUT2D eigenvalue weighted by molar-refractivity contribution is 6.01. The number of nitro benzene ring substituents is 1. The zero-order chi connectivity index (χ0) is 18.4. The fraction of sp³-hybridized carbons (Fsp3) is 0.158. The van der Waals surface area contributed by atoms with Gasteiger partial charge in [0.2, 0.25) is 0 Å². The molecule has 1 atom stereocenters. The van der Waals surface area contributed by atoms with E-state index < -0.39 is 10.8 Å². The first-order chi connectivity index (χ1) is 11.9. The minimum absolute atomic E-state index is 0.0518. The van der Waals surface area contributed by atoms with Gasteiger partial charge in [0.1, 0.15) is 11.6 Å². The van der Waals surface area contributed by atoms with Gasteiger partial charge in [0.25, 0.3) is 11.6 Å². The van der Waals surface area contributed by atoms with Gasteiger partial charge in [0.15, 0.2) is 0 Å². The van der Waals surface area contributed by atoms with Crippen LogP contribution < -0.4 is 5.32 Å². The third-order valence-electron chi connectivity index (χ3n) is 3.75. The Morgan fingerprint density at radius 3 is 2.56 bits per heavy atom. The van der Waals surface area contributed by atoms with Gasteiger partial charge in [-0.2, -0.15) is 5.26 Å². The molecule has 2 rings (SSSR count). The Hall–Kier alpha value is -3.46.